The number of nitrogens with one attached hydrogen (secondary N) is 1. The summed E-state index contributed by atoms with van der Waals surface area (Å²) in [6, 6.07) is 0. The van der Waals surface area contributed by atoms with Crippen LogP contribution in [-0.2, 0) is 0 Å². The molecular formula is C9H22ClNO. The molecule has 76 valence electrons. The summed E-state index contributed by atoms with van der Waals surface area (Å²) in [4.78, 5) is 0. The van der Waals surface area contributed by atoms with Gasteiger partial charge in [-0.2, -0.15) is 0 Å². The molecule has 2 nitrogen and oxygen atoms in total. The van der Waals surface area contributed by atoms with Crippen LogP contribution in [0.3, 0.4) is 0 Å². The zero-order chi connectivity index (χ0) is 8.74. The highest BCUT2D eigenvalue weighted by Crippen LogP contribution is 2.12. The van der Waals surface area contributed by atoms with Crippen molar-refractivity contribution in [3.8, 4) is 0 Å². The fourth-order valence-electron chi connectivity index (χ4n) is 1.16. The Kier molecular flexibility index (Phi) is 9.61. The molecule has 0 aliphatic carbocycles. The summed E-state index contributed by atoms with van der Waals surface area (Å²) in [5.74, 6) is 0. The van der Waals surface area contributed by atoms with Crippen LogP contribution in [0.4, 0.5) is 0 Å². The van der Waals surface area contributed by atoms with Crippen molar-refractivity contribution in [2.24, 2.45) is 0 Å². The second-order valence-corrected chi connectivity index (χ2v) is 3.06. The molecule has 0 amide bonds. The van der Waals surface area contributed by atoms with Gasteiger partial charge in [0.15, 0.2) is 0 Å². The summed E-state index contributed by atoms with van der Waals surface area (Å²) >= 11 is 0. The lowest BCUT2D eigenvalue weighted by Crippen LogP contribution is -2.44. The first-order valence-corrected chi connectivity index (χ1v) is 4.66. The minimum Gasteiger partial charge on any atom is -0.376 e. The second-order valence-electron chi connectivity index (χ2n) is 3.06. The van der Waals surface area contributed by atoms with Crippen molar-refractivity contribution in [2.45, 2.75) is 52.2 Å². The fourth-order valence-corrected chi connectivity index (χ4v) is 1.16. The van der Waals surface area contributed by atoms with Gasteiger partial charge in [-0.25, -0.2) is 0 Å². The van der Waals surface area contributed by atoms with E-state index in [9.17, 15) is 5.11 Å². The maximum atomic E-state index is 9.84. The molecule has 0 saturated heterocycles. The third kappa shape index (κ3) is 5.81. The van der Waals surface area contributed by atoms with Gasteiger partial charge in [0.2, 0.25) is 0 Å². The summed E-state index contributed by atoms with van der Waals surface area (Å²) in [6.07, 6.45) is 3.75. The van der Waals surface area contributed by atoms with Gasteiger partial charge in [0, 0.05) is 0 Å². The van der Waals surface area contributed by atoms with Crippen molar-refractivity contribution in [1.82, 2.24) is 5.32 Å². The number of halogens is 1. The number of aliphatic hydroxyl groups is 1. The van der Waals surface area contributed by atoms with Crippen molar-refractivity contribution in [3.05, 3.63) is 0 Å². The fraction of sp³-hybridized carbons (Fsp3) is 1.00. The Morgan fingerprint density at radius 1 is 1.17 bits per heavy atom. The van der Waals surface area contributed by atoms with Crippen LogP contribution in [0.2, 0.25) is 0 Å². The van der Waals surface area contributed by atoms with Crippen LogP contribution in [0, 0.1) is 0 Å². The molecule has 3 heteroatoms. The van der Waals surface area contributed by atoms with Gasteiger partial charge in [0.05, 0.1) is 0 Å². The third-order valence-corrected chi connectivity index (χ3v) is 1.95. The summed E-state index contributed by atoms with van der Waals surface area (Å²) in [5, 5.41) is 13.0. The van der Waals surface area contributed by atoms with Gasteiger partial charge in [-0.1, -0.05) is 27.2 Å². The molecule has 0 heterocycles. The van der Waals surface area contributed by atoms with Crippen LogP contribution in [-0.4, -0.2) is 17.4 Å². The maximum Gasteiger partial charge on any atom is 0.115 e. The Balaban J connectivity index is 0. The van der Waals surface area contributed by atoms with E-state index in [0.717, 1.165) is 32.2 Å². The van der Waals surface area contributed by atoms with Crippen LogP contribution >= 0.6 is 12.4 Å². The molecule has 0 spiro atoms. The van der Waals surface area contributed by atoms with E-state index in [1.165, 1.54) is 0 Å². The van der Waals surface area contributed by atoms with Crippen LogP contribution in [0.5, 0.6) is 0 Å². The van der Waals surface area contributed by atoms with Gasteiger partial charge in [-0.3, -0.25) is 5.32 Å². The van der Waals surface area contributed by atoms with E-state index < -0.39 is 5.72 Å². The van der Waals surface area contributed by atoms with Crippen LogP contribution < -0.4 is 5.32 Å². The van der Waals surface area contributed by atoms with Crippen LogP contribution in [0.25, 0.3) is 0 Å². The summed E-state index contributed by atoms with van der Waals surface area (Å²) in [7, 11) is 0. The van der Waals surface area contributed by atoms with Gasteiger partial charge >= 0.3 is 0 Å². The normalized spacial score (nSPS) is 15.0. The number of hydrogen-bond donors (Lipinski definition) is 2. The summed E-state index contributed by atoms with van der Waals surface area (Å²) in [6.45, 7) is 7.12. The lowest BCUT2D eigenvalue weighted by atomic mass is 10.1. The van der Waals surface area contributed by atoms with Gasteiger partial charge in [-0.15, -0.1) is 12.4 Å². The third-order valence-electron chi connectivity index (χ3n) is 1.95. The molecule has 0 aliphatic rings. The quantitative estimate of drug-likeness (QED) is 0.638. The molecule has 12 heavy (non-hydrogen) atoms. The largest absolute Gasteiger partial charge is 0.376 e. The standard InChI is InChI=1S/C9H21NO.ClH/c1-4-7-9(11,6-3)10-8-5-2;/h10-11H,4-8H2,1-3H3;1H. The molecule has 0 aromatic heterocycles. The topological polar surface area (TPSA) is 32.3 Å². The van der Waals surface area contributed by atoms with Crippen LogP contribution in [0.15, 0.2) is 0 Å². The Labute approximate surface area is 82.2 Å². The second kappa shape index (κ2) is 7.84. The number of rotatable bonds is 6. The zero-order valence-corrected chi connectivity index (χ0v) is 9.21. The predicted octanol–water partition coefficient (Wildman–Crippen LogP) is 2.31. The lowest BCUT2D eigenvalue weighted by molar-refractivity contribution is -0.00693. The van der Waals surface area contributed by atoms with E-state index in [4.69, 9.17) is 0 Å². The Morgan fingerprint density at radius 2 is 1.75 bits per heavy atom. The van der Waals surface area contributed by atoms with Crippen LogP contribution in [0.1, 0.15) is 46.5 Å². The molecule has 0 radical (unpaired) electrons. The molecule has 2 N–H and O–H groups in total. The summed E-state index contributed by atoms with van der Waals surface area (Å²) in [5.41, 5.74) is -0.606. The molecule has 0 rings (SSSR count). The highest BCUT2D eigenvalue weighted by molar-refractivity contribution is 5.85. The minimum atomic E-state index is -0.606. The molecule has 1 atom stereocenters. The van der Waals surface area contributed by atoms with E-state index >= 15 is 0 Å². The Hall–Kier alpha value is 0.210. The first-order valence-electron chi connectivity index (χ1n) is 4.66. The predicted molar refractivity (Wildman–Crippen MR) is 55.7 cm³/mol. The first-order chi connectivity index (χ1) is 5.18. The Bertz CT molecular complexity index is 101. The van der Waals surface area contributed by atoms with Gasteiger partial charge in [0.1, 0.15) is 5.72 Å². The molecule has 0 aromatic rings. The molecule has 0 bridgehead atoms. The monoisotopic (exact) mass is 195 g/mol. The van der Waals surface area contributed by atoms with E-state index in [0.29, 0.717) is 0 Å². The maximum absolute atomic E-state index is 9.84. The molecule has 0 aliphatic heterocycles. The highest BCUT2D eigenvalue weighted by Gasteiger charge is 2.21. The van der Waals surface area contributed by atoms with E-state index in [-0.39, 0.29) is 12.4 Å². The van der Waals surface area contributed by atoms with E-state index in [2.05, 4.69) is 19.2 Å². The smallest absolute Gasteiger partial charge is 0.115 e. The zero-order valence-electron chi connectivity index (χ0n) is 8.39. The molecule has 0 fully saturated rings. The van der Waals surface area contributed by atoms with E-state index in [1.807, 2.05) is 6.92 Å². The lowest BCUT2D eigenvalue weighted by Gasteiger charge is -2.27. The van der Waals surface area contributed by atoms with Gasteiger partial charge < -0.3 is 5.11 Å². The number of hydrogen-bond acceptors (Lipinski definition) is 2. The average molecular weight is 196 g/mol. The van der Waals surface area contributed by atoms with Crippen molar-refractivity contribution in [1.29, 1.82) is 0 Å². The average Bonchev–Trinajstić information content (AvgIpc) is 2.02. The molecule has 0 aromatic carbocycles. The summed E-state index contributed by atoms with van der Waals surface area (Å²) < 4.78 is 0. The Morgan fingerprint density at radius 3 is 2.08 bits per heavy atom. The van der Waals surface area contributed by atoms with Gasteiger partial charge in [0.25, 0.3) is 0 Å². The van der Waals surface area contributed by atoms with Crippen molar-refractivity contribution in [3.63, 3.8) is 0 Å². The highest BCUT2D eigenvalue weighted by atomic mass is 35.5. The van der Waals surface area contributed by atoms with E-state index in [1.54, 1.807) is 0 Å². The van der Waals surface area contributed by atoms with Crippen molar-refractivity contribution in [2.75, 3.05) is 6.54 Å². The SMILES string of the molecule is CCCNC(O)(CC)CCC.Cl. The first kappa shape index (κ1) is 14.7. The van der Waals surface area contributed by atoms with Gasteiger partial charge in [-0.05, 0) is 25.8 Å². The minimum absolute atomic E-state index is 0. The van der Waals surface area contributed by atoms with Crippen molar-refractivity contribution >= 4 is 12.4 Å². The molecule has 1 unspecified atom stereocenters. The van der Waals surface area contributed by atoms with Crippen molar-refractivity contribution < 1.29 is 5.11 Å². The molecule has 0 saturated carbocycles. The molecular weight excluding hydrogens is 174 g/mol.